The minimum absolute atomic E-state index is 0.100. The van der Waals surface area contributed by atoms with Crippen LogP contribution in [0.5, 0.6) is 0 Å². The van der Waals surface area contributed by atoms with Crippen molar-refractivity contribution in [3.8, 4) is 11.4 Å². The van der Waals surface area contributed by atoms with Crippen molar-refractivity contribution < 1.29 is 8.42 Å². The molecule has 0 amide bonds. The lowest BCUT2D eigenvalue weighted by molar-refractivity contribution is 0.602. The van der Waals surface area contributed by atoms with Crippen LogP contribution in [-0.2, 0) is 9.84 Å². The first-order valence-electron chi connectivity index (χ1n) is 7.90. The smallest absolute Gasteiger partial charge is 0.162 e. The van der Waals surface area contributed by atoms with Gasteiger partial charge in [-0.3, -0.25) is 0 Å². The zero-order valence-corrected chi connectivity index (χ0v) is 13.8. The predicted octanol–water partition coefficient (Wildman–Crippen LogP) is 2.90. The lowest BCUT2D eigenvalue weighted by Gasteiger charge is -2.15. The largest absolute Gasteiger partial charge is 0.366 e. The maximum Gasteiger partial charge on any atom is 0.162 e. The number of para-hydroxylation sites is 1. The highest BCUT2D eigenvalue weighted by atomic mass is 32.2. The maximum absolute atomic E-state index is 11.7. The second kappa shape index (κ2) is 5.87. The molecule has 0 aliphatic carbocycles. The molecule has 2 heterocycles. The highest BCUT2D eigenvalue weighted by molar-refractivity contribution is 7.91. The Labute approximate surface area is 140 Å². The van der Waals surface area contributed by atoms with Crippen LogP contribution in [0.1, 0.15) is 6.42 Å². The van der Waals surface area contributed by atoms with E-state index in [2.05, 4.69) is 15.3 Å². The van der Waals surface area contributed by atoms with Gasteiger partial charge in [0.1, 0.15) is 5.82 Å². The molecular formula is C18H17N3O2S. The fourth-order valence-electron chi connectivity index (χ4n) is 3.01. The molecular weight excluding hydrogens is 322 g/mol. The van der Waals surface area contributed by atoms with E-state index in [9.17, 15) is 8.42 Å². The minimum atomic E-state index is -2.94. The molecule has 1 aromatic heterocycles. The molecule has 24 heavy (non-hydrogen) atoms. The van der Waals surface area contributed by atoms with Gasteiger partial charge in [-0.2, -0.15) is 0 Å². The van der Waals surface area contributed by atoms with Gasteiger partial charge in [0.2, 0.25) is 0 Å². The van der Waals surface area contributed by atoms with Gasteiger partial charge >= 0.3 is 0 Å². The van der Waals surface area contributed by atoms with Crippen molar-refractivity contribution in [1.29, 1.82) is 0 Å². The number of hydrogen-bond donors (Lipinski definition) is 1. The summed E-state index contributed by atoms with van der Waals surface area (Å²) in [5, 5.41) is 4.22. The first kappa shape index (κ1) is 15.1. The van der Waals surface area contributed by atoms with Gasteiger partial charge in [-0.1, -0.05) is 42.5 Å². The third-order valence-corrected chi connectivity index (χ3v) is 5.98. The lowest BCUT2D eigenvalue weighted by Crippen LogP contribution is -2.21. The highest BCUT2D eigenvalue weighted by Gasteiger charge is 2.28. The molecule has 1 fully saturated rings. The molecule has 0 unspecified atom stereocenters. The van der Waals surface area contributed by atoms with Gasteiger partial charge in [0.05, 0.1) is 17.0 Å². The van der Waals surface area contributed by atoms with E-state index < -0.39 is 9.84 Å². The molecule has 1 N–H and O–H groups in total. The van der Waals surface area contributed by atoms with Crippen LogP contribution in [0.2, 0.25) is 0 Å². The summed E-state index contributed by atoms with van der Waals surface area (Å²) in [6, 6.07) is 17.5. The van der Waals surface area contributed by atoms with Crippen molar-refractivity contribution in [2.45, 2.75) is 12.5 Å². The first-order valence-corrected chi connectivity index (χ1v) is 9.72. The van der Waals surface area contributed by atoms with Crippen LogP contribution < -0.4 is 5.32 Å². The van der Waals surface area contributed by atoms with Crippen molar-refractivity contribution in [3.05, 3.63) is 54.6 Å². The summed E-state index contributed by atoms with van der Waals surface area (Å²) in [4.78, 5) is 9.31. The summed E-state index contributed by atoms with van der Waals surface area (Å²) in [6.07, 6.45) is 0.612. The van der Waals surface area contributed by atoms with E-state index in [0.717, 1.165) is 16.5 Å². The second-order valence-corrected chi connectivity index (χ2v) is 8.25. The zero-order valence-electron chi connectivity index (χ0n) is 13.0. The number of benzene rings is 2. The van der Waals surface area contributed by atoms with Gasteiger partial charge in [-0.25, -0.2) is 18.4 Å². The highest BCUT2D eigenvalue weighted by Crippen LogP contribution is 2.26. The van der Waals surface area contributed by atoms with E-state index >= 15 is 0 Å². The van der Waals surface area contributed by atoms with E-state index in [-0.39, 0.29) is 17.5 Å². The number of nitrogens with zero attached hydrogens (tertiary/aromatic N) is 2. The van der Waals surface area contributed by atoms with E-state index in [1.165, 1.54) is 0 Å². The molecule has 0 radical (unpaired) electrons. The molecule has 1 aliphatic rings. The van der Waals surface area contributed by atoms with Crippen LogP contribution in [0.15, 0.2) is 54.6 Å². The molecule has 1 atom stereocenters. The second-order valence-electron chi connectivity index (χ2n) is 6.02. The SMILES string of the molecule is O=S1(=O)CC[C@H](Nc2nc(-c3ccccc3)nc3ccccc23)C1. The average molecular weight is 339 g/mol. The molecule has 122 valence electrons. The van der Waals surface area contributed by atoms with Crippen LogP contribution in [0.4, 0.5) is 5.82 Å². The number of nitrogens with one attached hydrogen (secondary N) is 1. The fraction of sp³-hybridized carbons (Fsp3) is 0.222. The van der Waals surface area contributed by atoms with Crippen molar-refractivity contribution in [2.75, 3.05) is 16.8 Å². The maximum atomic E-state index is 11.7. The molecule has 0 spiro atoms. The standard InChI is InChI=1S/C18H17N3O2S/c22-24(23)11-10-14(12-24)19-18-15-8-4-5-9-16(15)20-17(21-18)13-6-2-1-3-7-13/h1-9,14H,10-12H2,(H,19,20,21)/t14-/m0/s1. The number of sulfone groups is 1. The van der Waals surface area contributed by atoms with E-state index in [0.29, 0.717) is 18.1 Å². The predicted molar refractivity (Wildman–Crippen MR) is 95.7 cm³/mol. The quantitative estimate of drug-likeness (QED) is 0.794. The molecule has 6 heteroatoms. The third kappa shape index (κ3) is 2.97. The normalized spacial score (nSPS) is 19.4. The third-order valence-electron chi connectivity index (χ3n) is 4.21. The van der Waals surface area contributed by atoms with Gasteiger partial charge in [0.15, 0.2) is 15.7 Å². The van der Waals surface area contributed by atoms with Crippen molar-refractivity contribution >= 4 is 26.6 Å². The number of rotatable bonds is 3. The Morgan fingerprint density at radius 2 is 1.71 bits per heavy atom. The summed E-state index contributed by atoms with van der Waals surface area (Å²) in [6.45, 7) is 0. The summed E-state index contributed by atoms with van der Waals surface area (Å²) >= 11 is 0. The van der Waals surface area contributed by atoms with Crippen molar-refractivity contribution in [3.63, 3.8) is 0 Å². The first-order chi connectivity index (χ1) is 11.6. The molecule has 1 saturated heterocycles. The molecule has 0 bridgehead atoms. The number of hydrogen-bond acceptors (Lipinski definition) is 5. The summed E-state index contributed by atoms with van der Waals surface area (Å²) < 4.78 is 23.4. The average Bonchev–Trinajstić information content (AvgIpc) is 2.94. The number of anilines is 1. The zero-order chi connectivity index (χ0) is 16.6. The van der Waals surface area contributed by atoms with Crippen molar-refractivity contribution in [2.24, 2.45) is 0 Å². The van der Waals surface area contributed by atoms with Gasteiger partial charge in [-0.05, 0) is 18.6 Å². The molecule has 1 aliphatic heterocycles. The Morgan fingerprint density at radius 3 is 2.46 bits per heavy atom. The summed E-state index contributed by atoms with van der Waals surface area (Å²) in [5.74, 6) is 1.73. The summed E-state index contributed by atoms with van der Waals surface area (Å²) in [7, 11) is -2.94. The van der Waals surface area contributed by atoms with Gasteiger partial charge in [-0.15, -0.1) is 0 Å². The van der Waals surface area contributed by atoms with Crippen LogP contribution in [0, 0.1) is 0 Å². The molecule has 5 nitrogen and oxygen atoms in total. The van der Waals surface area contributed by atoms with E-state index in [1.807, 2.05) is 54.6 Å². The number of aromatic nitrogens is 2. The fourth-order valence-corrected chi connectivity index (χ4v) is 4.68. The Balaban J connectivity index is 1.78. The van der Waals surface area contributed by atoms with Crippen LogP contribution in [-0.4, -0.2) is 35.9 Å². The lowest BCUT2D eigenvalue weighted by atomic mass is 10.1. The van der Waals surface area contributed by atoms with E-state index in [1.54, 1.807) is 0 Å². The van der Waals surface area contributed by atoms with Gasteiger partial charge in [0.25, 0.3) is 0 Å². The molecule has 0 saturated carbocycles. The topological polar surface area (TPSA) is 72.0 Å². The Bertz CT molecular complexity index is 988. The van der Waals surface area contributed by atoms with Gasteiger partial charge < -0.3 is 5.32 Å². The Morgan fingerprint density at radius 1 is 0.958 bits per heavy atom. The minimum Gasteiger partial charge on any atom is -0.366 e. The monoisotopic (exact) mass is 339 g/mol. The molecule has 2 aromatic carbocycles. The Hall–Kier alpha value is -2.47. The van der Waals surface area contributed by atoms with Gasteiger partial charge in [0, 0.05) is 17.0 Å². The van der Waals surface area contributed by atoms with Crippen molar-refractivity contribution in [1.82, 2.24) is 9.97 Å². The molecule has 4 rings (SSSR count). The Kier molecular flexibility index (Phi) is 3.69. The van der Waals surface area contributed by atoms with E-state index in [4.69, 9.17) is 0 Å². The van der Waals surface area contributed by atoms with Crippen LogP contribution in [0.25, 0.3) is 22.3 Å². The van der Waals surface area contributed by atoms with Crippen LogP contribution in [0.3, 0.4) is 0 Å². The number of fused-ring (bicyclic) bond motifs is 1. The van der Waals surface area contributed by atoms with Crippen LogP contribution >= 0.6 is 0 Å². The summed E-state index contributed by atoms with van der Waals surface area (Å²) in [5.41, 5.74) is 1.78. The molecule has 3 aromatic rings.